The largest absolute Gasteiger partial charge is 0.496 e. The minimum atomic E-state index is -1.04. The van der Waals surface area contributed by atoms with E-state index in [2.05, 4.69) is 63.6 Å². The molecule has 11 heteroatoms. The number of carbonyl (C=O) groups excluding carboxylic acids is 2. The van der Waals surface area contributed by atoms with Gasteiger partial charge in [0.1, 0.15) is 23.9 Å². The molecule has 0 radical (unpaired) electrons. The lowest BCUT2D eigenvalue weighted by molar-refractivity contribution is -0.136. The van der Waals surface area contributed by atoms with Gasteiger partial charge in [-0.25, -0.2) is 9.82 Å². The standard InChI is InChI=1S/C23H17Br3FN3O4/c1-33-20-7-6-13(8-14(20)12-34-21-16(25)9-15(24)10-17(21)26)11-28-30-23(32)22(31)29-19-5-3-2-4-18(19)27/h2-11H,12H2,1H3,(H,29,31)(H,30,32)/b28-11+. The van der Waals surface area contributed by atoms with Crippen molar-refractivity contribution in [3.63, 3.8) is 0 Å². The quantitative estimate of drug-likeness (QED) is 0.191. The third-order valence-electron chi connectivity index (χ3n) is 4.35. The van der Waals surface area contributed by atoms with Crippen molar-refractivity contribution < 1.29 is 23.5 Å². The molecule has 0 spiro atoms. The van der Waals surface area contributed by atoms with Gasteiger partial charge in [-0.3, -0.25) is 9.59 Å². The molecule has 0 unspecified atom stereocenters. The van der Waals surface area contributed by atoms with Gasteiger partial charge in [0.2, 0.25) is 0 Å². The summed E-state index contributed by atoms with van der Waals surface area (Å²) in [4.78, 5) is 23.9. The maximum Gasteiger partial charge on any atom is 0.329 e. The molecule has 0 heterocycles. The van der Waals surface area contributed by atoms with E-state index in [4.69, 9.17) is 9.47 Å². The summed E-state index contributed by atoms with van der Waals surface area (Å²) < 4.78 is 27.4. The monoisotopic (exact) mass is 655 g/mol. The zero-order valence-electron chi connectivity index (χ0n) is 17.6. The number of nitrogens with zero attached hydrogens (tertiary/aromatic N) is 1. The Morgan fingerprint density at radius 2 is 1.74 bits per heavy atom. The van der Waals surface area contributed by atoms with E-state index in [0.29, 0.717) is 17.1 Å². The van der Waals surface area contributed by atoms with Gasteiger partial charge in [0, 0.05) is 10.0 Å². The van der Waals surface area contributed by atoms with Gasteiger partial charge in [0.15, 0.2) is 0 Å². The Morgan fingerprint density at radius 1 is 1.03 bits per heavy atom. The van der Waals surface area contributed by atoms with Gasteiger partial charge in [-0.15, -0.1) is 0 Å². The van der Waals surface area contributed by atoms with Crippen molar-refractivity contribution in [2.75, 3.05) is 12.4 Å². The lowest BCUT2D eigenvalue weighted by atomic mass is 10.1. The Morgan fingerprint density at radius 3 is 2.41 bits per heavy atom. The number of amides is 2. The molecule has 0 aromatic heterocycles. The Balaban J connectivity index is 1.65. The highest BCUT2D eigenvalue weighted by atomic mass is 79.9. The SMILES string of the molecule is COc1ccc(/C=N/NC(=O)C(=O)Nc2ccccc2F)cc1COc1c(Br)cc(Br)cc1Br. The second-order valence-corrected chi connectivity index (χ2v) is 9.32. The minimum absolute atomic E-state index is 0.101. The fourth-order valence-corrected chi connectivity index (χ4v) is 5.25. The highest BCUT2D eigenvalue weighted by molar-refractivity contribution is 9.11. The summed E-state index contributed by atoms with van der Waals surface area (Å²) in [6.07, 6.45) is 1.36. The van der Waals surface area contributed by atoms with Crippen LogP contribution in [-0.4, -0.2) is 25.1 Å². The number of nitrogens with one attached hydrogen (secondary N) is 2. The predicted octanol–water partition coefficient (Wildman–Crippen LogP) is 5.79. The molecule has 0 aliphatic carbocycles. The van der Waals surface area contributed by atoms with Gasteiger partial charge in [-0.05, 0) is 79.9 Å². The number of ether oxygens (including phenoxy) is 2. The molecule has 0 saturated heterocycles. The number of para-hydroxylation sites is 1. The molecule has 0 aliphatic rings. The highest BCUT2D eigenvalue weighted by Gasteiger charge is 2.15. The molecule has 176 valence electrons. The Bertz CT molecular complexity index is 1230. The van der Waals surface area contributed by atoms with Gasteiger partial charge >= 0.3 is 11.8 Å². The summed E-state index contributed by atoms with van der Waals surface area (Å²) >= 11 is 10.4. The van der Waals surface area contributed by atoms with Crippen LogP contribution in [0.15, 0.2) is 73.1 Å². The molecular weight excluding hydrogens is 641 g/mol. The van der Waals surface area contributed by atoms with Crippen LogP contribution >= 0.6 is 47.8 Å². The number of anilines is 1. The molecule has 0 aliphatic heterocycles. The normalized spacial score (nSPS) is 10.7. The van der Waals surface area contributed by atoms with E-state index in [1.807, 2.05) is 12.1 Å². The van der Waals surface area contributed by atoms with Crippen molar-refractivity contribution in [3.05, 3.63) is 85.0 Å². The van der Waals surface area contributed by atoms with Gasteiger partial charge in [0.05, 0.1) is 28.0 Å². The number of hydrazone groups is 1. The molecule has 2 amide bonds. The van der Waals surface area contributed by atoms with Gasteiger partial charge < -0.3 is 14.8 Å². The van der Waals surface area contributed by atoms with Gasteiger partial charge in [-0.1, -0.05) is 28.1 Å². The molecular formula is C23H17Br3FN3O4. The van der Waals surface area contributed by atoms with Crippen molar-refractivity contribution in [3.8, 4) is 11.5 Å². The molecule has 7 nitrogen and oxygen atoms in total. The molecule has 3 rings (SSSR count). The molecule has 3 aromatic carbocycles. The average molecular weight is 658 g/mol. The van der Waals surface area contributed by atoms with Crippen molar-refractivity contribution >= 4 is 71.5 Å². The molecule has 34 heavy (non-hydrogen) atoms. The maximum absolute atomic E-state index is 13.6. The fourth-order valence-electron chi connectivity index (χ4n) is 2.77. The predicted molar refractivity (Wildman–Crippen MR) is 138 cm³/mol. The Hall–Kier alpha value is -2.76. The third-order valence-corrected chi connectivity index (χ3v) is 5.98. The number of hydrogen-bond acceptors (Lipinski definition) is 5. The lowest BCUT2D eigenvalue weighted by Gasteiger charge is -2.13. The number of halogens is 4. The number of methoxy groups -OCH3 is 1. The van der Waals surface area contributed by atoms with Crippen LogP contribution in [0.2, 0.25) is 0 Å². The highest BCUT2D eigenvalue weighted by Crippen LogP contribution is 2.37. The number of rotatable bonds is 7. The van der Waals surface area contributed by atoms with Crippen molar-refractivity contribution in [1.29, 1.82) is 0 Å². The van der Waals surface area contributed by atoms with E-state index in [0.717, 1.165) is 19.0 Å². The topological polar surface area (TPSA) is 89.0 Å². The van der Waals surface area contributed by atoms with Crippen LogP contribution in [0.3, 0.4) is 0 Å². The second-order valence-electron chi connectivity index (χ2n) is 6.69. The van der Waals surface area contributed by atoms with Gasteiger partial charge in [0.25, 0.3) is 0 Å². The summed E-state index contributed by atoms with van der Waals surface area (Å²) in [6, 6.07) is 14.5. The van der Waals surface area contributed by atoms with Crippen LogP contribution in [0.25, 0.3) is 0 Å². The van der Waals surface area contributed by atoms with E-state index in [-0.39, 0.29) is 12.3 Å². The zero-order valence-corrected chi connectivity index (χ0v) is 22.3. The van der Waals surface area contributed by atoms with E-state index < -0.39 is 17.6 Å². The summed E-state index contributed by atoms with van der Waals surface area (Å²) in [5.74, 6) is -1.51. The second kappa shape index (κ2) is 12.1. The van der Waals surface area contributed by atoms with E-state index in [1.165, 1.54) is 30.5 Å². The van der Waals surface area contributed by atoms with Crippen LogP contribution in [0.5, 0.6) is 11.5 Å². The Labute approximate surface area is 220 Å². The smallest absolute Gasteiger partial charge is 0.329 e. The zero-order chi connectivity index (χ0) is 24.7. The average Bonchev–Trinajstić information content (AvgIpc) is 2.80. The number of carbonyl (C=O) groups is 2. The van der Waals surface area contributed by atoms with Crippen molar-refractivity contribution in [1.82, 2.24) is 5.43 Å². The summed E-state index contributed by atoms with van der Waals surface area (Å²) in [5, 5.41) is 5.98. The van der Waals surface area contributed by atoms with Gasteiger partial charge in [-0.2, -0.15) is 5.10 Å². The first-order chi connectivity index (χ1) is 16.3. The van der Waals surface area contributed by atoms with Crippen molar-refractivity contribution in [2.45, 2.75) is 6.61 Å². The lowest BCUT2D eigenvalue weighted by Crippen LogP contribution is -2.32. The first kappa shape index (κ1) is 25.9. The first-order valence-electron chi connectivity index (χ1n) is 9.61. The first-order valence-corrected chi connectivity index (χ1v) is 12.0. The van der Waals surface area contributed by atoms with Crippen LogP contribution in [-0.2, 0) is 16.2 Å². The van der Waals surface area contributed by atoms with Crippen molar-refractivity contribution in [2.24, 2.45) is 5.10 Å². The molecule has 0 saturated carbocycles. The molecule has 0 atom stereocenters. The Kier molecular flexibility index (Phi) is 9.20. The summed E-state index contributed by atoms with van der Waals surface area (Å²) in [6.45, 7) is 0.196. The number of benzene rings is 3. The van der Waals surface area contributed by atoms with Crippen LogP contribution in [0.4, 0.5) is 10.1 Å². The molecule has 0 fully saturated rings. The van der Waals surface area contributed by atoms with E-state index in [9.17, 15) is 14.0 Å². The fraction of sp³-hybridized carbons (Fsp3) is 0.0870. The van der Waals surface area contributed by atoms with Crippen LogP contribution < -0.4 is 20.2 Å². The summed E-state index contributed by atoms with van der Waals surface area (Å²) in [5.41, 5.74) is 3.37. The van der Waals surface area contributed by atoms with Crippen LogP contribution in [0, 0.1) is 5.82 Å². The third kappa shape index (κ3) is 6.87. The van der Waals surface area contributed by atoms with E-state index >= 15 is 0 Å². The maximum atomic E-state index is 13.6. The van der Waals surface area contributed by atoms with Crippen LogP contribution in [0.1, 0.15) is 11.1 Å². The minimum Gasteiger partial charge on any atom is -0.496 e. The number of hydrogen-bond donors (Lipinski definition) is 2. The molecule has 3 aromatic rings. The van der Waals surface area contributed by atoms with E-state index in [1.54, 1.807) is 25.3 Å². The molecule has 0 bridgehead atoms. The molecule has 2 N–H and O–H groups in total. The summed E-state index contributed by atoms with van der Waals surface area (Å²) in [7, 11) is 1.55.